The highest BCUT2D eigenvalue weighted by molar-refractivity contribution is 7.22. The molecule has 2 aliphatic heterocycles. The molecule has 4 aliphatic rings. The Kier molecular flexibility index (Phi) is 5.54. The van der Waals surface area contributed by atoms with Crippen molar-refractivity contribution >= 4 is 78.8 Å². The molecule has 0 fully saturated rings. The Morgan fingerprint density at radius 3 is 2.10 bits per heavy atom. The van der Waals surface area contributed by atoms with E-state index in [2.05, 4.69) is 154 Å². The summed E-state index contributed by atoms with van der Waals surface area (Å²) in [5.74, 6) is 2.15. The van der Waals surface area contributed by atoms with E-state index in [1.54, 1.807) is 0 Å². The number of benzene rings is 5. The van der Waals surface area contributed by atoms with Crippen molar-refractivity contribution in [3.05, 3.63) is 137 Å². The Labute approximate surface area is 297 Å². The van der Waals surface area contributed by atoms with Gasteiger partial charge in [-0.15, -0.1) is 11.3 Å². The maximum atomic E-state index is 7.11. The third-order valence-electron chi connectivity index (χ3n) is 11.8. The zero-order valence-corrected chi connectivity index (χ0v) is 29.9. The van der Waals surface area contributed by atoms with E-state index in [0.29, 0.717) is 0 Å². The van der Waals surface area contributed by atoms with Gasteiger partial charge in [0, 0.05) is 49.8 Å². The molecule has 0 amide bonds. The zero-order chi connectivity index (χ0) is 33.7. The van der Waals surface area contributed by atoms with Crippen molar-refractivity contribution in [3.63, 3.8) is 0 Å². The lowest BCUT2D eigenvalue weighted by atomic mass is 9.33. The van der Waals surface area contributed by atoms with Gasteiger partial charge >= 0.3 is 0 Å². The van der Waals surface area contributed by atoms with E-state index in [0.717, 1.165) is 30.2 Å². The molecule has 0 saturated heterocycles. The van der Waals surface area contributed by atoms with Gasteiger partial charge in [0.15, 0.2) is 5.88 Å². The minimum absolute atomic E-state index is 0.0544. The third kappa shape index (κ3) is 3.66. The molecule has 0 bridgehead atoms. The molecule has 2 aromatic heterocycles. The minimum atomic E-state index is -0.0743. The molecule has 3 nitrogen and oxygen atoms in total. The molecule has 5 heteroatoms. The normalized spacial score (nSPS) is 16.9. The average Bonchev–Trinajstić information content (AvgIpc) is 3.80. The van der Waals surface area contributed by atoms with Crippen LogP contribution in [0.5, 0.6) is 0 Å². The van der Waals surface area contributed by atoms with E-state index < -0.39 is 0 Å². The summed E-state index contributed by atoms with van der Waals surface area (Å²) in [6, 6.07) is 40.7. The van der Waals surface area contributed by atoms with Crippen LogP contribution in [0.2, 0.25) is 0 Å². The quantitative estimate of drug-likeness (QED) is 0.172. The van der Waals surface area contributed by atoms with Crippen LogP contribution in [0.25, 0.3) is 20.5 Å². The number of fused-ring (bicyclic) bond motifs is 11. The number of nitrogens with zero attached hydrogens (tertiary/aromatic N) is 2. The molecule has 0 unspecified atom stereocenters. The summed E-state index contributed by atoms with van der Waals surface area (Å²) in [6.45, 7) is 11.9. The van der Waals surface area contributed by atoms with Gasteiger partial charge in [0.25, 0.3) is 6.71 Å². The standard InChI is InChI=1S/C45H37BN2OS/c1-26-20-35-41-36(21-26)48(28-16-10-7-11-17-28)43-40(31-24-44(2,3)25-37(31)49-43)46(41)33-22-30-38(23-34(33)47(35)27-14-8-6-9-15-27)50-42-29-18-12-13-19-32(29)45(4,5)39(30)42/h6-23H,24-25H2,1-5H3. The molecule has 2 aliphatic carbocycles. The second-order valence-corrected chi connectivity index (χ2v) is 17.2. The molecule has 4 heterocycles. The first kappa shape index (κ1) is 28.8. The van der Waals surface area contributed by atoms with Gasteiger partial charge in [-0.3, -0.25) is 4.90 Å². The molecule has 0 spiro atoms. The van der Waals surface area contributed by atoms with Crippen molar-refractivity contribution < 1.29 is 4.42 Å². The van der Waals surface area contributed by atoms with Crippen LogP contribution in [0.3, 0.4) is 0 Å². The molecule has 50 heavy (non-hydrogen) atoms. The van der Waals surface area contributed by atoms with Gasteiger partial charge in [-0.25, -0.2) is 0 Å². The van der Waals surface area contributed by atoms with Gasteiger partial charge in [-0.2, -0.15) is 0 Å². The summed E-state index contributed by atoms with van der Waals surface area (Å²) in [7, 11) is 0. The highest BCUT2D eigenvalue weighted by atomic mass is 32.1. The summed E-state index contributed by atoms with van der Waals surface area (Å²) in [6.07, 6.45) is 1.98. The van der Waals surface area contributed by atoms with Gasteiger partial charge in [-0.1, -0.05) is 94.4 Å². The average molecular weight is 665 g/mol. The van der Waals surface area contributed by atoms with Gasteiger partial charge in [0.05, 0.1) is 0 Å². The fourth-order valence-corrected chi connectivity index (χ4v) is 11.3. The molecule has 0 saturated carbocycles. The molecule has 11 rings (SSSR count). The second-order valence-electron chi connectivity index (χ2n) is 16.1. The van der Waals surface area contributed by atoms with E-state index in [-0.39, 0.29) is 17.5 Å². The van der Waals surface area contributed by atoms with Crippen LogP contribution in [0.15, 0.2) is 114 Å². The Hall–Kier alpha value is -5.00. The molecule has 242 valence electrons. The molecule has 7 aromatic rings. The fraction of sp³-hybridized carbons (Fsp3) is 0.200. The van der Waals surface area contributed by atoms with Crippen molar-refractivity contribution in [2.24, 2.45) is 5.41 Å². The minimum Gasteiger partial charge on any atom is -0.445 e. The van der Waals surface area contributed by atoms with Crippen molar-refractivity contribution in [1.29, 1.82) is 0 Å². The Morgan fingerprint density at radius 2 is 1.36 bits per heavy atom. The number of hydrogen-bond donors (Lipinski definition) is 0. The summed E-state index contributed by atoms with van der Waals surface area (Å²) < 4.78 is 8.46. The van der Waals surface area contributed by atoms with Crippen LogP contribution in [-0.4, -0.2) is 6.71 Å². The molecule has 0 atom stereocenters. The maximum absolute atomic E-state index is 7.11. The smallest absolute Gasteiger partial charge is 0.256 e. The van der Waals surface area contributed by atoms with Crippen LogP contribution in [-0.2, 0) is 18.3 Å². The first-order chi connectivity index (χ1) is 24.2. The van der Waals surface area contributed by atoms with Crippen molar-refractivity contribution in [2.45, 2.75) is 52.9 Å². The fourth-order valence-electron chi connectivity index (χ4n) is 9.84. The molecule has 0 N–H and O–H groups in total. The van der Waals surface area contributed by atoms with E-state index in [1.807, 2.05) is 11.3 Å². The highest BCUT2D eigenvalue weighted by Crippen LogP contribution is 2.56. The Bertz CT molecular complexity index is 2580. The number of thiophene rings is 1. The van der Waals surface area contributed by atoms with E-state index in [1.165, 1.54) is 81.9 Å². The lowest BCUT2D eigenvalue weighted by Gasteiger charge is -2.43. The summed E-state index contributed by atoms with van der Waals surface area (Å²) in [5, 5.41) is 1.39. The number of furan rings is 1. The van der Waals surface area contributed by atoms with Crippen LogP contribution < -0.4 is 26.2 Å². The van der Waals surface area contributed by atoms with Gasteiger partial charge in [0.1, 0.15) is 5.76 Å². The lowest BCUT2D eigenvalue weighted by Crippen LogP contribution is -2.61. The Balaban J connectivity index is 1.27. The predicted octanol–water partition coefficient (Wildman–Crippen LogP) is 10.3. The monoisotopic (exact) mass is 664 g/mol. The van der Waals surface area contributed by atoms with Crippen LogP contribution in [0.1, 0.15) is 55.7 Å². The predicted molar refractivity (Wildman–Crippen MR) is 212 cm³/mol. The maximum Gasteiger partial charge on any atom is 0.256 e. The number of aryl methyl sites for hydroxylation is 1. The Morgan fingerprint density at radius 1 is 0.700 bits per heavy atom. The number of rotatable bonds is 2. The first-order valence-electron chi connectivity index (χ1n) is 17.9. The summed E-state index contributed by atoms with van der Waals surface area (Å²) in [4.78, 5) is 6.38. The molecule has 5 aromatic carbocycles. The topological polar surface area (TPSA) is 19.6 Å². The number of para-hydroxylation sites is 2. The summed E-state index contributed by atoms with van der Waals surface area (Å²) >= 11 is 1.96. The van der Waals surface area contributed by atoms with Gasteiger partial charge in [0.2, 0.25) is 0 Å². The van der Waals surface area contributed by atoms with Crippen molar-refractivity contribution in [3.8, 4) is 10.4 Å². The zero-order valence-electron chi connectivity index (χ0n) is 29.1. The second kappa shape index (κ2) is 9.61. The largest absolute Gasteiger partial charge is 0.445 e. The van der Waals surface area contributed by atoms with Crippen molar-refractivity contribution in [2.75, 3.05) is 9.80 Å². The lowest BCUT2D eigenvalue weighted by molar-refractivity contribution is 0.367. The van der Waals surface area contributed by atoms with Crippen LogP contribution in [0, 0.1) is 12.3 Å². The SMILES string of the molecule is Cc1cc2c3c(c1)N(c1ccccc1)c1oc4c(c1B3c1cc3c5c(sc3cc1N2c1ccccc1)-c1ccccc1C5(C)C)CC(C)(C)C4. The van der Waals surface area contributed by atoms with Crippen LogP contribution in [0.4, 0.5) is 34.3 Å². The molecule has 0 radical (unpaired) electrons. The number of hydrogen-bond acceptors (Lipinski definition) is 4. The van der Waals surface area contributed by atoms with E-state index >= 15 is 0 Å². The first-order valence-corrected chi connectivity index (χ1v) is 18.7. The van der Waals surface area contributed by atoms with E-state index in [9.17, 15) is 0 Å². The van der Waals surface area contributed by atoms with Crippen molar-refractivity contribution in [1.82, 2.24) is 0 Å². The van der Waals surface area contributed by atoms with Gasteiger partial charge < -0.3 is 9.32 Å². The summed E-state index contributed by atoms with van der Waals surface area (Å²) in [5.41, 5.74) is 17.2. The van der Waals surface area contributed by atoms with Gasteiger partial charge in [-0.05, 0) is 111 Å². The third-order valence-corrected chi connectivity index (χ3v) is 13.0. The van der Waals surface area contributed by atoms with E-state index in [4.69, 9.17) is 4.42 Å². The molecular formula is C45H37BN2OS. The van der Waals surface area contributed by atoms with Crippen LogP contribution >= 0.6 is 11.3 Å². The highest BCUT2D eigenvalue weighted by Gasteiger charge is 2.50. The molecular weight excluding hydrogens is 627 g/mol. The number of anilines is 6.